The molecule has 1 saturated carbocycles. The van der Waals surface area contributed by atoms with Gasteiger partial charge in [-0.1, -0.05) is 13.8 Å². The second-order valence-corrected chi connectivity index (χ2v) is 4.05. The van der Waals surface area contributed by atoms with E-state index in [1.165, 1.54) is 6.42 Å². The van der Waals surface area contributed by atoms with Crippen molar-refractivity contribution in [2.45, 2.75) is 38.8 Å². The molecule has 66 valence electrons. The van der Waals surface area contributed by atoms with Gasteiger partial charge in [-0.3, -0.25) is 0 Å². The number of aliphatic hydroxyl groups is 1. The lowest BCUT2D eigenvalue weighted by atomic mass is 9.88. The van der Waals surface area contributed by atoms with E-state index in [4.69, 9.17) is 0 Å². The first-order chi connectivity index (χ1) is 5.11. The summed E-state index contributed by atoms with van der Waals surface area (Å²) in [5.41, 5.74) is 0. The van der Waals surface area contributed by atoms with Crippen molar-refractivity contribution in [3.63, 3.8) is 0 Å². The van der Waals surface area contributed by atoms with Crippen LogP contribution in [-0.4, -0.2) is 35.7 Å². The van der Waals surface area contributed by atoms with Crippen LogP contribution in [0.2, 0.25) is 0 Å². The lowest BCUT2D eigenvalue weighted by Gasteiger charge is -2.40. The smallest absolute Gasteiger partial charge is 0.0695 e. The molecule has 0 radical (unpaired) electrons. The van der Waals surface area contributed by atoms with Gasteiger partial charge in [0, 0.05) is 12.6 Å². The highest BCUT2D eigenvalue weighted by Gasteiger charge is 2.31. The molecule has 0 heterocycles. The molecule has 11 heavy (non-hydrogen) atoms. The first kappa shape index (κ1) is 9.01. The van der Waals surface area contributed by atoms with Crippen molar-refractivity contribution in [3.05, 3.63) is 0 Å². The van der Waals surface area contributed by atoms with Crippen LogP contribution in [0.3, 0.4) is 0 Å². The molecule has 1 rings (SSSR count). The SMILES string of the molecule is CC(C)CN(C)C1CCC1O. The van der Waals surface area contributed by atoms with Crippen LogP contribution < -0.4 is 0 Å². The van der Waals surface area contributed by atoms with Crippen LogP contribution in [0.1, 0.15) is 26.7 Å². The first-order valence-electron chi connectivity index (χ1n) is 4.49. The molecule has 0 bridgehead atoms. The third-order valence-electron chi connectivity index (χ3n) is 2.42. The standard InChI is InChI=1S/C9H19NO/c1-7(2)6-10(3)8-4-5-9(8)11/h7-9,11H,4-6H2,1-3H3. The molecule has 0 amide bonds. The first-order valence-corrected chi connectivity index (χ1v) is 4.49. The molecule has 1 N–H and O–H groups in total. The summed E-state index contributed by atoms with van der Waals surface area (Å²) in [5, 5.41) is 9.35. The average molecular weight is 157 g/mol. The minimum atomic E-state index is -0.0567. The Morgan fingerprint density at radius 1 is 1.45 bits per heavy atom. The summed E-state index contributed by atoms with van der Waals surface area (Å²) in [6.07, 6.45) is 2.11. The number of rotatable bonds is 3. The highest BCUT2D eigenvalue weighted by molar-refractivity contribution is 4.87. The van der Waals surface area contributed by atoms with Crippen molar-refractivity contribution in [1.82, 2.24) is 4.90 Å². The van der Waals surface area contributed by atoms with Gasteiger partial charge in [0.1, 0.15) is 0 Å². The van der Waals surface area contributed by atoms with Gasteiger partial charge in [0.25, 0.3) is 0 Å². The van der Waals surface area contributed by atoms with Gasteiger partial charge in [0.05, 0.1) is 6.10 Å². The Balaban J connectivity index is 2.24. The van der Waals surface area contributed by atoms with Crippen LogP contribution in [0, 0.1) is 5.92 Å². The van der Waals surface area contributed by atoms with Gasteiger partial charge in [-0.2, -0.15) is 0 Å². The van der Waals surface area contributed by atoms with Crippen molar-refractivity contribution in [1.29, 1.82) is 0 Å². The normalized spacial score (nSPS) is 31.1. The summed E-state index contributed by atoms with van der Waals surface area (Å²) in [6, 6.07) is 0.442. The van der Waals surface area contributed by atoms with E-state index in [2.05, 4.69) is 25.8 Å². The van der Waals surface area contributed by atoms with Crippen molar-refractivity contribution < 1.29 is 5.11 Å². The van der Waals surface area contributed by atoms with Crippen molar-refractivity contribution in [3.8, 4) is 0 Å². The summed E-state index contributed by atoms with van der Waals surface area (Å²) in [5.74, 6) is 0.702. The third kappa shape index (κ3) is 2.17. The maximum Gasteiger partial charge on any atom is 0.0695 e. The Bertz CT molecular complexity index is 125. The van der Waals surface area contributed by atoms with E-state index in [-0.39, 0.29) is 6.10 Å². The van der Waals surface area contributed by atoms with Crippen LogP contribution in [0.15, 0.2) is 0 Å². The molecule has 2 atom stereocenters. The monoisotopic (exact) mass is 157 g/mol. The molecule has 0 aromatic carbocycles. The zero-order valence-electron chi connectivity index (χ0n) is 7.75. The number of nitrogens with zero attached hydrogens (tertiary/aromatic N) is 1. The van der Waals surface area contributed by atoms with Gasteiger partial charge < -0.3 is 10.0 Å². The minimum absolute atomic E-state index is 0.0567. The van der Waals surface area contributed by atoms with Crippen molar-refractivity contribution in [2.24, 2.45) is 5.92 Å². The summed E-state index contributed by atoms with van der Waals surface area (Å²) < 4.78 is 0. The van der Waals surface area contributed by atoms with Crippen LogP contribution in [0.25, 0.3) is 0 Å². The quantitative estimate of drug-likeness (QED) is 0.663. The zero-order chi connectivity index (χ0) is 8.43. The number of hydrogen-bond acceptors (Lipinski definition) is 2. The van der Waals surface area contributed by atoms with Crippen LogP contribution in [0.5, 0.6) is 0 Å². The zero-order valence-corrected chi connectivity index (χ0v) is 7.75. The van der Waals surface area contributed by atoms with E-state index in [0.29, 0.717) is 12.0 Å². The summed E-state index contributed by atoms with van der Waals surface area (Å²) in [6.45, 7) is 5.52. The molecular formula is C9H19NO. The van der Waals surface area contributed by atoms with E-state index < -0.39 is 0 Å². The van der Waals surface area contributed by atoms with Crippen LogP contribution >= 0.6 is 0 Å². The Labute approximate surface area is 69.2 Å². The van der Waals surface area contributed by atoms with Crippen LogP contribution in [0.4, 0.5) is 0 Å². The van der Waals surface area contributed by atoms with Crippen molar-refractivity contribution >= 4 is 0 Å². The van der Waals surface area contributed by atoms with Gasteiger partial charge >= 0.3 is 0 Å². The molecule has 2 nitrogen and oxygen atoms in total. The predicted octanol–water partition coefficient (Wildman–Crippen LogP) is 1.10. The van der Waals surface area contributed by atoms with E-state index in [9.17, 15) is 5.11 Å². The van der Waals surface area contributed by atoms with Gasteiger partial charge in [-0.05, 0) is 25.8 Å². The number of aliphatic hydroxyl groups excluding tert-OH is 1. The third-order valence-corrected chi connectivity index (χ3v) is 2.42. The molecule has 0 aromatic heterocycles. The number of hydrogen-bond donors (Lipinski definition) is 1. The summed E-state index contributed by atoms with van der Waals surface area (Å²) in [7, 11) is 2.10. The van der Waals surface area contributed by atoms with Crippen molar-refractivity contribution in [2.75, 3.05) is 13.6 Å². The Morgan fingerprint density at radius 3 is 2.36 bits per heavy atom. The lowest BCUT2D eigenvalue weighted by Crippen LogP contribution is -2.49. The van der Waals surface area contributed by atoms with E-state index in [0.717, 1.165) is 13.0 Å². The highest BCUT2D eigenvalue weighted by atomic mass is 16.3. The summed E-state index contributed by atoms with van der Waals surface area (Å²) in [4.78, 5) is 2.28. The molecule has 1 fully saturated rings. The molecule has 2 heteroatoms. The highest BCUT2D eigenvalue weighted by Crippen LogP contribution is 2.24. The average Bonchev–Trinajstić information content (AvgIpc) is 1.82. The molecule has 1 aliphatic carbocycles. The fourth-order valence-electron chi connectivity index (χ4n) is 1.69. The Kier molecular flexibility index (Phi) is 2.90. The second-order valence-electron chi connectivity index (χ2n) is 4.05. The van der Waals surface area contributed by atoms with Crippen LogP contribution in [-0.2, 0) is 0 Å². The maximum atomic E-state index is 9.35. The van der Waals surface area contributed by atoms with Gasteiger partial charge in [0.2, 0.25) is 0 Å². The fraction of sp³-hybridized carbons (Fsp3) is 1.00. The number of likely N-dealkylation sites (N-methyl/N-ethyl adjacent to an activating group) is 1. The molecule has 0 aliphatic heterocycles. The van der Waals surface area contributed by atoms with E-state index >= 15 is 0 Å². The Morgan fingerprint density at radius 2 is 2.09 bits per heavy atom. The maximum absolute atomic E-state index is 9.35. The minimum Gasteiger partial charge on any atom is -0.391 e. The predicted molar refractivity (Wildman–Crippen MR) is 46.5 cm³/mol. The van der Waals surface area contributed by atoms with Gasteiger partial charge in [-0.25, -0.2) is 0 Å². The molecule has 0 spiro atoms. The molecule has 0 aromatic rings. The topological polar surface area (TPSA) is 23.5 Å². The van der Waals surface area contributed by atoms with E-state index in [1.54, 1.807) is 0 Å². The van der Waals surface area contributed by atoms with Gasteiger partial charge in [-0.15, -0.1) is 0 Å². The molecule has 1 aliphatic rings. The molecule has 0 saturated heterocycles. The fourth-order valence-corrected chi connectivity index (χ4v) is 1.69. The Hall–Kier alpha value is -0.0800. The molecular weight excluding hydrogens is 138 g/mol. The molecule has 2 unspecified atom stereocenters. The lowest BCUT2D eigenvalue weighted by molar-refractivity contribution is -0.0135. The van der Waals surface area contributed by atoms with E-state index in [1.807, 2.05) is 0 Å². The van der Waals surface area contributed by atoms with Gasteiger partial charge in [0.15, 0.2) is 0 Å². The second kappa shape index (κ2) is 3.55. The largest absolute Gasteiger partial charge is 0.391 e. The summed E-state index contributed by atoms with van der Waals surface area (Å²) >= 11 is 0.